The fourth-order valence-electron chi connectivity index (χ4n) is 2.05. The second-order valence-corrected chi connectivity index (χ2v) is 4.77. The summed E-state index contributed by atoms with van der Waals surface area (Å²) >= 11 is 0. The number of aryl methyl sites for hydroxylation is 1. The van der Waals surface area contributed by atoms with Crippen LogP contribution < -0.4 is 5.32 Å². The van der Waals surface area contributed by atoms with Gasteiger partial charge in [-0.3, -0.25) is 4.79 Å². The number of nitrogens with zero attached hydrogens (tertiary/aromatic N) is 2. The zero-order valence-corrected chi connectivity index (χ0v) is 12.8. The van der Waals surface area contributed by atoms with Crippen LogP contribution in [0.5, 0.6) is 0 Å². The first-order valence-corrected chi connectivity index (χ1v) is 7.21. The number of hydrogen-bond donors (Lipinski definition) is 2. The number of nitrogens with one attached hydrogen (secondary N) is 1. The van der Waals surface area contributed by atoms with E-state index in [0.717, 1.165) is 26.1 Å². The Bertz CT molecular complexity index is 499. The van der Waals surface area contributed by atoms with Gasteiger partial charge in [-0.2, -0.15) is 0 Å². The standard InChI is InChI=1S/C15H23N3O3/c1-4-18(5-2)10-6-9-16-14(19)13-8-7-12(15(20)21)11(3)17-13/h7-8H,4-6,9-10H2,1-3H3,(H,16,19)(H,20,21). The molecule has 0 aliphatic heterocycles. The van der Waals surface area contributed by atoms with Crippen molar-refractivity contribution in [3.63, 3.8) is 0 Å². The Morgan fingerprint density at radius 3 is 2.48 bits per heavy atom. The Hall–Kier alpha value is -1.95. The molecule has 1 aromatic heterocycles. The highest BCUT2D eigenvalue weighted by atomic mass is 16.4. The van der Waals surface area contributed by atoms with Gasteiger partial charge in [0.25, 0.3) is 5.91 Å². The number of aromatic nitrogens is 1. The van der Waals surface area contributed by atoms with Gasteiger partial charge in [0, 0.05) is 6.54 Å². The number of carboxylic acids is 1. The van der Waals surface area contributed by atoms with Gasteiger partial charge in [-0.15, -0.1) is 0 Å². The Labute approximate surface area is 125 Å². The number of aromatic carboxylic acids is 1. The summed E-state index contributed by atoms with van der Waals surface area (Å²) in [5, 5.41) is 11.7. The highest BCUT2D eigenvalue weighted by molar-refractivity contribution is 5.94. The molecule has 0 bridgehead atoms. The first-order valence-electron chi connectivity index (χ1n) is 7.21. The van der Waals surface area contributed by atoms with Crippen LogP contribution in [0.1, 0.15) is 46.8 Å². The lowest BCUT2D eigenvalue weighted by Crippen LogP contribution is -2.30. The molecule has 0 saturated carbocycles. The maximum atomic E-state index is 11.9. The van der Waals surface area contributed by atoms with Gasteiger partial charge < -0.3 is 15.3 Å². The maximum absolute atomic E-state index is 11.9. The monoisotopic (exact) mass is 293 g/mol. The van der Waals surface area contributed by atoms with Crippen molar-refractivity contribution < 1.29 is 14.7 Å². The largest absolute Gasteiger partial charge is 0.478 e. The van der Waals surface area contributed by atoms with Crippen LogP contribution in [0.3, 0.4) is 0 Å². The van der Waals surface area contributed by atoms with E-state index in [2.05, 4.69) is 29.0 Å². The van der Waals surface area contributed by atoms with Gasteiger partial charge >= 0.3 is 5.97 Å². The molecule has 0 fully saturated rings. The predicted octanol–water partition coefficient (Wildman–Crippen LogP) is 1.55. The van der Waals surface area contributed by atoms with Crippen molar-refractivity contribution in [1.82, 2.24) is 15.2 Å². The van der Waals surface area contributed by atoms with E-state index in [4.69, 9.17) is 5.11 Å². The molecular formula is C15H23N3O3. The zero-order valence-electron chi connectivity index (χ0n) is 12.8. The Morgan fingerprint density at radius 1 is 1.29 bits per heavy atom. The van der Waals surface area contributed by atoms with Crippen LogP contribution in [0, 0.1) is 6.92 Å². The number of carbonyl (C=O) groups excluding carboxylic acids is 1. The summed E-state index contributed by atoms with van der Waals surface area (Å²) in [5.74, 6) is -1.30. The average Bonchev–Trinajstić information content (AvgIpc) is 2.46. The van der Waals surface area contributed by atoms with Crippen LogP contribution in [0.25, 0.3) is 0 Å². The van der Waals surface area contributed by atoms with E-state index in [1.54, 1.807) is 6.92 Å². The third-order valence-electron chi connectivity index (χ3n) is 3.38. The zero-order chi connectivity index (χ0) is 15.8. The van der Waals surface area contributed by atoms with Gasteiger partial charge in [-0.25, -0.2) is 9.78 Å². The maximum Gasteiger partial charge on any atom is 0.337 e. The molecule has 6 nitrogen and oxygen atoms in total. The van der Waals surface area contributed by atoms with Gasteiger partial charge in [0.05, 0.1) is 11.3 Å². The summed E-state index contributed by atoms with van der Waals surface area (Å²) in [6.07, 6.45) is 0.875. The van der Waals surface area contributed by atoms with E-state index >= 15 is 0 Å². The molecule has 2 N–H and O–H groups in total. The topological polar surface area (TPSA) is 82.5 Å². The first-order chi connectivity index (χ1) is 9.99. The smallest absolute Gasteiger partial charge is 0.337 e. The summed E-state index contributed by atoms with van der Waals surface area (Å²) in [6.45, 7) is 9.33. The van der Waals surface area contributed by atoms with E-state index in [0.29, 0.717) is 12.2 Å². The number of pyridine rings is 1. The van der Waals surface area contributed by atoms with Crippen LogP contribution in [0.4, 0.5) is 0 Å². The molecule has 1 rings (SSSR count). The molecule has 0 radical (unpaired) electrons. The van der Waals surface area contributed by atoms with Crippen molar-refractivity contribution in [2.75, 3.05) is 26.2 Å². The first kappa shape index (κ1) is 17.1. The molecule has 6 heteroatoms. The number of amides is 1. The van der Waals surface area contributed by atoms with E-state index in [1.807, 2.05) is 0 Å². The number of carbonyl (C=O) groups is 2. The molecular weight excluding hydrogens is 270 g/mol. The van der Waals surface area contributed by atoms with E-state index in [1.165, 1.54) is 12.1 Å². The van der Waals surface area contributed by atoms with Gasteiger partial charge in [-0.05, 0) is 45.1 Å². The summed E-state index contributed by atoms with van der Waals surface area (Å²) in [4.78, 5) is 29.1. The van der Waals surface area contributed by atoms with Crippen molar-refractivity contribution in [2.24, 2.45) is 0 Å². The molecule has 1 aromatic rings. The third-order valence-corrected chi connectivity index (χ3v) is 3.38. The predicted molar refractivity (Wildman–Crippen MR) is 80.7 cm³/mol. The Kier molecular flexibility index (Phi) is 6.81. The fraction of sp³-hybridized carbons (Fsp3) is 0.533. The molecule has 1 heterocycles. The van der Waals surface area contributed by atoms with Gasteiger partial charge in [-0.1, -0.05) is 13.8 Å². The second-order valence-electron chi connectivity index (χ2n) is 4.77. The van der Waals surface area contributed by atoms with Crippen LogP contribution in [0.15, 0.2) is 12.1 Å². The number of carboxylic acid groups (broad SMARTS) is 1. The summed E-state index contributed by atoms with van der Waals surface area (Å²) < 4.78 is 0. The highest BCUT2D eigenvalue weighted by Crippen LogP contribution is 2.07. The van der Waals surface area contributed by atoms with Crippen molar-refractivity contribution in [3.8, 4) is 0 Å². The van der Waals surface area contributed by atoms with Crippen LogP contribution in [0.2, 0.25) is 0 Å². The van der Waals surface area contributed by atoms with E-state index < -0.39 is 5.97 Å². The van der Waals surface area contributed by atoms with Crippen LogP contribution in [-0.2, 0) is 0 Å². The van der Waals surface area contributed by atoms with Crippen molar-refractivity contribution in [3.05, 3.63) is 29.1 Å². The summed E-state index contributed by atoms with van der Waals surface area (Å²) in [6, 6.07) is 2.85. The van der Waals surface area contributed by atoms with Gasteiger partial charge in [0.1, 0.15) is 5.69 Å². The molecule has 116 valence electrons. The third kappa shape index (κ3) is 5.15. The Morgan fingerprint density at radius 2 is 1.95 bits per heavy atom. The molecule has 0 aliphatic rings. The average molecular weight is 293 g/mol. The quantitative estimate of drug-likeness (QED) is 0.711. The molecule has 0 aromatic carbocycles. The molecule has 0 saturated heterocycles. The normalized spacial score (nSPS) is 10.7. The summed E-state index contributed by atoms with van der Waals surface area (Å²) in [7, 11) is 0. The minimum Gasteiger partial charge on any atom is -0.478 e. The lowest BCUT2D eigenvalue weighted by atomic mass is 10.2. The minimum atomic E-state index is -1.04. The molecule has 0 aliphatic carbocycles. The lowest BCUT2D eigenvalue weighted by molar-refractivity contribution is 0.0694. The molecule has 1 amide bonds. The number of rotatable bonds is 8. The summed E-state index contributed by atoms with van der Waals surface area (Å²) in [5.41, 5.74) is 0.715. The van der Waals surface area contributed by atoms with Crippen LogP contribution >= 0.6 is 0 Å². The minimum absolute atomic E-state index is 0.119. The van der Waals surface area contributed by atoms with E-state index in [-0.39, 0.29) is 17.2 Å². The lowest BCUT2D eigenvalue weighted by Gasteiger charge is -2.17. The second kappa shape index (κ2) is 8.36. The fourth-order valence-corrected chi connectivity index (χ4v) is 2.05. The van der Waals surface area contributed by atoms with Gasteiger partial charge in [0.2, 0.25) is 0 Å². The van der Waals surface area contributed by atoms with Crippen LogP contribution in [-0.4, -0.2) is 53.0 Å². The number of hydrogen-bond acceptors (Lipinski definition) is 4. The Balaban J connectivity index is 2.49. The molecule has 0 atom stereocenters. The van der Waals surface area contributed by atoms with Gasteiger partial charge in [0.15, 0.2) is 0 Å². The highest BCUT2D eigenvalue weighted by Gasteiger charge is 2.12. The van der Waals surface area contributed by atoms with Crippen molar-refractivity contribution in [2.45, 2.75) is 27.2 Å². The molecule has 0 unspecified atom stereocenters. The van der Waals surface area contributed by atoms with E-state index in [9.17, 15) is 9.59 Å². The molecule has 21 heavy (non-hydrogen) atoms. The van der Waals surface area contributed by atoms with Crippen molar-refractivity contribution in [1.29, 1.82) is 0 Å². The SMILES string of the molecule is CCN(CC)CCCNC(=O)c1ccc(C(=O)O)c(C)n1. The molecule has 0 spiro atoms. The van der Waals surface area contributed by atoms with Crippen molar-refractivity contribution >= 4 is 11.9 Å².